The molecule has 0 bridgehead atoms. The number of hydrogen-bond acceptors (Lipinski definition) is 4. The molecule has 0 saturated heterocycles. The zero-order valence-electron chi connectivity index (χ0n) is 12.0. The van der Waals surface area contributed by atoms with Crippen molar-refractivity contribution < 1.29 is 18.7 Å². The number of carbonyl (C=O) groups is 1. The summed E-state index contributed by atoms with van der Waals surface area (Å²) in [5.41, 5.74) is 6.06. The molecule has 0 radical (unpaired) electrons. The molecule has 4 N–H and O–H groups in total. The maximum absolute atomic E-state index is 13.4. The van der Waals surface area contributed by atoms with Gasteiger partial charge in [-0.3, -0.25) is 0 Å². The highest BCUT2D eigenvalue weighted by Crippen LogP contribution is 2.30. The van der Waals surface area contributed by atoms with Gasteiger partial charge in [0.1, 0.15) is 22.9 Å². The van der Waals surface area contributed by atoms with Crippen LogP contribution in [0.4, 0.5) is 15.8 Å². The lowest BCUT2D eigenvalue weighted by atomic mass is 10.1. The summed E-state index contributed by atoms with van der Waals surface area (Å²) in [6.45, 7) is 5.53. The molecule has 1 aromatic carbocycles. The SMILES string of the molecule is Cc1cc(C(C)Nc2ccc(F)c(N)c2C(=O)O)c(C)o1. The van der Waals surface area contributed by atoms with Gasteiger partial charge in [-0.15, -0.1) is 0 Å². The van der Waals surface area contributed by atoms with Crippen molar-refractivity contribution >= 4 is 17.3 Å². The van der Waals surface area contributed by atoms with Crippen molar-refractivity contribution in [3.8, 4) is 0 Å². The first-order valence-electron chi connectivity index (χ1n) is 6.46. The van der Waals surface area contributed by atoms with Gasteiger partial charge in [0, 0.05) is 5.56 Å². The van der Waals surface area contributed by atoms with Gasteiger partial charge in [-0.1, -0.05) is 0 Å². The van der Waals surface area contributed by atoms with E-state index >= 15 is 0 Å². The zero-order valence-corrected chi connectivity index (χ0v) is 12.0. The molecule has 1 heterocycles. The third-order valence-corrected chi connectivity index (χ3v) is 3.32. The predicted octanol–water partition coefficient (Wildman–Crippen LogP) is 3.49. The van der Waals surface area contributed by atoms with Gasteiger partial charge in [0.05, 0.1) is 17.4 Å². The summed E-state index contributed by atoms with van der Waals surface area (Å²) in [6.07, 6.45) is 0. The first-order chi connectivity index (χ1) is 9.81. The van der Waals surface area contributed by atoms with Crippen LogP contribution in [0.3, 0.4) is 0 Å². The van der Waals surface area contributed by atoms with Crippen LogP contribution < -0.4 is 11.1 Å². The minimum atomic E-state index is -1.28. The van der Waals surface area contributed by atoms with Gasteiger partial charge in [-0.2, -0.15) is 0 Å². The van der Waals surface area contributed by atoms with E-state index in [0.29, 0.717) is 0 Å². The number of anilines is 2. The fourth-order valence-electron chi connectivity index (χ4n) is 2.34. The van der Waals surface area contributed by atoms with Crippen LogP contribution in [0.5, 0.6) is 0 Å². The van der Waals surface area contributed by atoms with E-state index in [0.717, 1.165) is 23.2 Å². The summed E-state index contributed by atoms with van der Waals surface area (Å²) in [4.78, 5) is 11.3. The largest absolute Gasteiger partial charge is 0.478 e. The van der Waals surface area contributed by atoms with Crippen LogP contribution >= 0.6 is 0 Å². The molecule has 0 saturated carbocycles. The Kier molecular flexibility index (Phi) is 3.88. The van der Waals surface area contributed by atoms with E-state index < -0.39 is 11.8 Å². The van der Waals surface area contributed by atoms with Crippen molar-refractivity contribution in [1.82, 2.24) is 0 Å². The zero-order chi connectivity index (χ0) is 15.7. The second-order valence-electron chi connectivity index (χ2n) is 4.92. The number of nitrogens with one attached hydrogen (secondary N) is 1. The van der Waals surface area contributed by atoms with Crippen molar-refractivity contribution in [2.75, 3.05) is 11.1 Å². The highest BCUT2D eigenvalue weighted by atomic mass is 19.1. The van der Waals surface area contributed by atoms with E-state index in [4.69, 9.17) is 10.2 Å². The molecule has 0 fully saturated rings. The number of aromatic carboxylic acids is 1. The minimum Gasteiger partial charge on any atom is -0.478 e. The first-order valence-corrected chi connectivity index (χ1v) is 6.46. The lowest BCUT2D eigenvalue weighted by molar-refractivity contribution is 0.0698. The van der Waals surface area contributed by atoms with E-state index in [1.807, 2.05) is 26.8 Å². The number of carboxylic acid groups (broad SMARTS) is 1. The number of benzene rings is 1. The van der Waals surface area contributed by atoms with Crippen molar-refractivity contribution in [2.24, 2.45) is 0 Å². The second kappa shape index (κ2) is 5.47. The summed E-state index contributed by atoms with van der Waals surface area (Å²) >= 11 is 0. The fourth-order valence-corrected chi connectivity index (χ4v) is 2.34. The molecule has 21 heavy (non-hydrogen) atoms. The molecule has 112 valence electrons. The van der Waals surface area contributed by atoms with E-state index in [-0.39, 0.29) is 23.0 Å². The molecule has 2 aromatic rings. The van der Waals surface area contributed by atoms with Crippen molar-refractivity contribution in [3.63, 3.8) is 0 Å². The Hall–Kier alpha value is -2.50. The second-order valence-corrected chi connectivity index (χ2v) is 4.92. The van der Waals surface area contributed by atoms with Crippen LogP contribution in [0.2, 0.25) is 0 Å². The molecule has 1 aromatic heterocycles. The molecular formula is C15H17FN2O3. The number of furan rings is 1. The lowest BCUT2D eigenvalue weighted by Gasteiger charge is -2.17. The molecule has 0 aliphatic heterocycles. The Morgan fingerprint density at radius 3 is 2.62 bits per heavy atom. The monoisotopic (exact) mass is 292 g/mol. The van der Waals surface area contributed by atoms with E-state index in [9.17, 15) is 14.3 Å². The van der Waals surface area contributed by atoms with E-state index in [1.165, 1.54) is 6.07 Å². The summed E-state index contributed by atoms with van der Waals surface area (Å²) in [5, 5.41) is 12.3. The van der Waals surface area contributed by atoms with E-state index in [1.54, 1.807) is 0 Å². The summed E-state index contributed by atoms with van der Waals surface area (Å²) in [7, 11) is 0. The van der Waals surface area contributed by atoms with Crippen molar-refractivity contribution in [2.45, 2.75) is 26.8 Å². The van der Waals surface area contributed by atoms with Gasteiger partial charge in [0.15, 0.2) is 0 Å². The quantitative estimate of drug-likeness (QED) is 0.751. The van der Waals surface area contributed by atoms with E-state index in [2.05, 4.69) is 5.32 Å². The van der Waals surface area contributed by atoms with Gasteiger partial charge in [-0.25, -0.2) is 9.18 Å². The molecule has 2 rings (SSSR count). The van der Waals surface area contributed by atoms with Gasteiger partial charge >= 0.3 is 5.97 Å². The first kappa shape index (κ1) is 14.9. The Labute approximate surface area is 121 Å². The van der Waals surface area contributed by atoms with Crippen LogP contribution in [0, 0.1) is 19.7 Å². The molecule has 5 nitrogen and oxygen atoms in total. The molecule has 0 amide bonds. The average molecular weight is 292 g/mol. The number of rotatable bonds is 4. The molecule has 0 aliphatic rings. The highest BCUT2D eigenvalue weighted by molar-refractivity contribution is 6.00. The average Bonchev–Trinajstić information content (AvgIpc) is 2.72. The number of hydrogen-bond donors (Lipinski definition) is 3. The van der Waals surface area contributed by atoms with Crippen LogP contribution in [-0.2, 0) is 0 Å². The topological polar surface area (TPSA) is 88.5 Å². The number of aryl methyl sites for hydroxylation is 2. The smallest absolute Gasteiger partial charge is 0.340 e. The van der Waals surface area contributed by atoms with Crippen molar-refractivity contribution in [1.29, 1.82) is 0 Å². The molecule has 1 unspecified atom stereocenters. The molecule has 0 aliphatic carbocycles. The summed E-state index contributed by atoms with van der Waals surface area (Å²) in [6, 6.07) is 4.18. The number of nitrogens with two attached hydrogens (primary N) is 1. The Bertz CT molecular complexity index is 694. The summed E-state index contributed by atoms with van der Waals surface area (Å²) < 4.78 is 18.9. The Balaban J connectivity index is 2.38. The molecule has 1 atom stereocenters. The normalized spacial score (nSPS) is 12.2. The van der Waals surface area contributed by atoms with Crippen molar-refractivity contribution in [3.05, 3.63) is 46.7 Å². The lowest BCUT2D eigenvalue weighted by Crippen LogP contribution is -2.13. The highest BCUT2D eigenvalue weighted by Gasteiger charge is 2.20. The van der Waals surface area contributed by atoms with Gasteiger partial charge < -0.3 is 20.6 Å². The minimum absolute atomic E-state index is 0.203. The van der Waals surface area contributed by atoms with Crippen LogP contribution in [-0.4, -0.2) is 11.1 Å². The molecule has 6 heteroatoms. The predicted molar refractivity (Wildman–Crippen MR) is 78.0 cm³/mol. The molecule has 0 spiro atoms. The maximum atomic E-state index is 13.4. The van der Waals surface area contributed by atoms with Crippen LogP contribution in [0.1, 0.15) is 40.4 Å². The Morgan fingerprint density at radius 2 is 2.10 bits per heavy atom. The fraction of sp³-hybridized carbons (Fsp3) is 0.267. The Morgan fingerprint density at radius 1 is 1.43 bits per heavy atom. The third-order valence-electron chi connectivity index (χ3n) is 3.32. The van der Waals surface area contributed by atoms with Crippen LogP contribution in [0.15, 0.2) is 22.6 Å². The van der Waals surface area contributed by atoms with Gasteiger partial charge in [0.25, 0.3) is 0 Å². The van der Waals surface area contributed by atoms with Gasteiger partial charge in [0.2, 0.25) is 0 Å². The third kappa shape index (κ3) is 2.84. The maximum Gasteiger partial charge on any atom is 0.340 e. The number of carboxylic acids is 1. The van der Waals surface area contributed by atoms with Gasteiger partial charge in [-0.05, 0) is 39.0 Å². The number of nitrogen functional groups attached to an aromatic ring is 1. The standard InChI is InChI=1S/C15H17FN2O3/c1-7-6-10(9(3)21-7)8(2)18-12-5-4-11(16)14(17)13(12)15(19)20/h4-6,8,18H,17H2,1-3H3,(H,19,20). The summed E-state index contributed by atoms with van der Waals surface area (Å²) in [5.74, 6) is -0.504. The van der Waals surface area contributed by atoms with Crippen LogP contribution in [0.25, 0.3) is 0 Å². The molecular weight excluding hydrogens is 275 g/mol. The number of halogens is 1.